The summed E-state index contributed by atoms with van der Waals surface area (Å²) in [5.41, 5.74) is 33.2. The molecule has 0 aliphatic carbocycles. The number of hydrogen-bond donors (Lipinski definition) is 0. The highest BCUT2D eigenvalue weighted by Crippen LogP contribution is 2.53. The molecule has 0 spiro atoms. The number of nitriles is 1. The Kier molecular flexibility index (Phi) is 15.0. The SMILES string of the molecule is Cc1cc(-c2ccc3c(c2)sc2ccccc23)c(-c2cc3c4c(c2)N(c2ccccc2-c2ccccc2)c2cc(-n5c6ccc(C(C)(C)C)cc6c6cc(C(C)(C)C)ccc65)ccc2B4c2ccc(-n4c5ccccc5c5cc(C#N)ccc54)cc2N3c2ccc(-c3ccccc3)cc2)c(-n2c3ccccc3c3ccccc32)c1. The number of benzene rings is 16. The molecule has 20 aromatic rings. The van der Waals surface area contributed by atoms with Crippen LogP contribution in [0, 0.1) is 18.3 Å². The van der Waals surface area contributed by atoms with Crippen LogP contribution >= 0.6 is 11.3 Å². The lowest BCUT2D eigenvalue weighted by Crippen LogP contribution is -2.61. The Bertz CT molecular complexity index is 7350. The maximum Gasteiger partial charge on any atom is 0.252 e. The van der Waals surface area contributed by atoms with Crippen LogP contribution in [0.1, 0.15) is 63.8 Å². The molecule has 8 heteroatoms. The van der Waals surface area contributed by atoms with Crippen molar-refractivity contribution in [2.75, 3.05) is 9.80 Å². The van der Waals surface area contributed by atoms with Gasteiger partial charge in [0.15, 0.2) is 0 Å². The molecule has 0 saturated carbocycles. The second kappa shape index (κ2) is 25.4. The Morgan fingerprint density at radius 2 is 0.772 bits per heavy atom. The quantitative estimate of drug-likeness (QED) is 0.135. The third-order valence-corrected chi connectivity index (χ3v) is 25.5. The molecular formula is C106H77BN6S. The maximum atomic E-state index is 10.4. The largest absolute Gasteiger partial charge is 0.311 e. The van der Waals surface area contributed by atoms with Crippen molar-refractivity contribution in [2.24, 2.45) is 0 Å². The smallest absolute Gasteiger partial charge is 0.252 e. The van der Waals surface area contributed by atoms with Crippen LogP contribution in [0.2, 0.25) is 0 Å². The van der Waals surface area contributed by atoms with Crippen LogP contribution in [0.4, 0.5) is 34.1 Å². The molecule has 2 aliphatic rings. The van der Waals surface area contributed by atoms with Gasteiger partial charge in [-0.2, -0.15) is 5.26 Å². The first kappa shape index (κ1) is 67.2. The molecule has 0 unspecified atom stereocenters. The molecule has 2 aliphatic heterocycles. The van der Waals surface area contributed by atoms with Crippen LogP contribution in [-0.2, 0) is 10.8 Å². The van der Waals surface area contributed by atoms with Crippen LogP contribution in [0.15, 0.2) is 340 Å². The van der Waals surface area contributed by atoms with Crippen molar-refractivity contribution in [2.45, 2.75) is 59.3 Å². The van der Waals surface area contributed by atoms with E-state index in [4.69, 9.17) is 0 Å². The number of aromatic nitrogens is 3. The fourth-order valence-electron chi connectivity index (χ4n) is 19.0. The second-order valence-electron chi connectivity index (χ2n) is 33.2. The molecule has 0 amide bonds. The van der Waals surface area contributed by atoms with Crippen LogP contribution in [0.3, 0.4) is 0 Å². The number of nitrogens with zero attached hydrogens (tertiary/aromatic N) is 6. The third-order valence-electron chi connectivity index (χ3n) is 24.4. The lowest BCUT2D eigenvalue weighted by atomic mass is 9.33. The van der Waals surface area contributed by atoms with E-state index in [1.54, 1.807) is 0 Å². The van der Waals surface area contributed by atoms with E-state index in [9.17, 15) is 5.26 Å². The topological polar surface area (TPSA) is 45.1 Å². The van der Waals surface area contributed by atoms with Gasteiger partial charge in [-0.25, -0.2) is 0 Å². The van der Waals surface area contributed by atoms with Crippen LogP contribution in [0.5, 0.6) is 0 Å². The van der Waals surface area contributed by atoms with Crippen LogP contribution in [0.25, 0.3) is 147 Å². The van der Waals surface area contributed by atoms with E-state index in [0.717, 1.165) is 145 Å². The van der Waals surface area contributed by atoms with Gasteiger partial charge in [-0.15, -0.1) is 11.3 Å². The Balaban J connectivity index is 0.902. The first-order valence-electron chi connectivity index (χ1n) is 39.6. The van der Waals surface area contributed by atoms with E-state index in [1.807, 2.05) is 17.4 Å². The summed E-state index contributed by atoms with van der Waals surface area (Å²) >= 11 is 1.87. The number of aryl methyl sites for hydroxylation is 1. The zero-order valence-electron chi connectivity index (χ0n) is 64.5. The molecule has 22 rings (SSSR count). The molecule has 0 atom stereocenters. The normalized spacial score (nSPS) is 12.8. The molecule has 4 aromatic heterocycles. The van der Waals surface area contributed by atoms with Crippen LogP contribution < -0.4 is 26.2 Å². The summed E-state index contributed by atoms with van der Waals surface area (Å²) in [6, 6.07) is 131. The van der Waals surface area contributed by atoms with Gasteiger partial charge in [0.2, 0.25) is 0 Å². The molecule has 0 N–H and O–H groups in total. The Morgan fingerprint density at radius 1 is 0.298 bits per heavy atom. The lowest BCUT2D eigenvalue weighted by molar-refractivity contribution is 0.590. The monoisotopic (exact) mass is 1480 g/mol. The van der Waals surface area contributed by atoms with Crippen molar-refractivity contribution in [3.05, 3.63) is 362 Å². The van der Waals surface area contributed by atoms with Crippen molar-refractivity contribution in [1.82, 2.24) is 13.7 Å². The Hall–Kier alpha value is -13.7. The minimum atomic E-state index is -0.292. The minimum absolute atomic E-state index is 0.0754. The van der Waals surface area contributed by atoms with Gasteiger partial charge in [0.05, 0.1) is 56.1 Å². The summed E-state index contributed by atoms with van der Waals surface area (Å²) in [6.07, 6.45) is 0. The van der Waals surface area contributed by atoms with Gasteiger partial charge >= 0.3 is 0 Å². The van der Waals surface area contributed by atoms with E-state index >= 15 is 0 Å². The second-order valence-corrected chi connectivity index (χ2v) is 34.3. The summed E-state index contributed by atoms with van der Waals surface area (Å²) in [7, 11) is 0. The van der Waals surface area contributed by atoms with Crippen LogP contribution in [-0.4, -0.2) is 20.4 Å². The molecule has 6 heterocycles. The first-order chi connectivity index (χ1) is 55.7. The molecule has 540 valence electrons. The van der Waals surface area contributed by atoms with Gasteiger partial charge in [0.1, 0.15) is 0 Å². The Labute approximate surface area is 667 Å². The van der Waals surface area contributed by atoms with Crippen molar-refractivity contribution < 1.29 is 0 Å². The van der Waals surface area contributed by atoms with E-state index in [-0.39, 0.29) is 17.5 Å². The number of fused-ring (bicyclic) bond motifs is 16. The maximum absolute atomic E-state index is 10.4. The fourth-order valence-corrected chi connectivity index (χ4v) is 20.1. The van der Waals surface area contributed by atoms with Crippen molar-refractivity contribution in [1.29, 1.82) is 5.26 Å². The van der Waals surface area contributed by atoms with E-state index in [0.29, 0.717) is 5.56 Å². The molecule has 0 fully saturated rings. The van der Waals surface area contributed by atoms with Crippen molar-refractivity contribution >= 4 is 154 Å². The van der Waals surface area contributed by atoms with Gasteiger partial charge in [-0.1, -0.05) is 248 Å². The van der Waals surface area contributed by atoms with Gasteiger partial charge in [0, 0.05) is 103 Å². The van der Waals surface area contributed by atoms with E-state index in [1.165, 1.54) is 69.2 Å². The van der Waals surface area contributed by atoms with Gasteiger partial charge in [0.25, 0.3) is 6.71 Å². The highest BCUT2D eigenvalue weighted by molar-refractivity contribution is 7.25. The predicted molar refractivity (Wildman–Crippen MR) is 485 cm³/mol. The number of thiophene rings is 1. The number of hydrogen-bond acceptors (Lipinski definition) is 4. The molecule has 114 heavy (non-hydrogen) atoms. The average molecular weight is 1480 g/mol. The average Bonchev–Trinajstić information content (AvgIpc) is 0.839. The summed E-state index contributed by atoms with van der Waals surface area (Å²) in [4.78, 5) is 5.26. The molecule has 16 aromatic carbocycles. The summed E-state index contributed by atoms with van der Waals surface area (Å²) in [6.45, 7) is 15.9. The number of anilines is 6. The van der Waals surface area contributed by atoms with Crippen molar-refractivity contribution in [3.8, 4) is 67.6 Å². The summed E-state index contributed by atoms with van der Waals surface area (Å²) in [5.74, 6) is 0. The number of rotatable bonds is 9. The highest BCUT2D eigenvalue weighted by Gasteiger charge is 2.45. The molecule has 0 saturated heterocycles. The molecular weight excluding hydrogens is 1400 g/mol. The van der Waals surface area contributed by atoms with Gasteiger partial charge in [-0.3, -0.25) is 0 Å². The first-order valence-corrected chi connectivity index (χ1v) is 40.4. The molecule has 6 nitrogen and oxygen atoms in total. The molecule has 0 radical (unpaired) electrons. The lowest BCUT2D eigenvalue weighted by Gasteiger charge is -2.45. The molecule has 0 bridgehead atoms. The van der Waals surface area contributed by atoms with Gasteiger partial charge in [-0.05, 0) is 218 Å². The third kappa shape index (κ3) is 10.4. The van der Waals surface area contributed by atoms with Crippen molar-refractivity contribution in [3.63, 3.8) is 0 Å². The van der Waals surface area contributed by atoms with E-state index in [2.05, 4.69) is 412 Å². The number of para-hydroxylation sites is 4. The van der Waals surface area contributed by atoms with Gasteiger partial charge < -0.3 is 23.5 Å². The fraction of sp³-hybridized carbons (Fsp3) is 0.0849. The Morgan fingerprint density at radius 3 is 1.39 bits per heavy atom. The van der Waals surface area contributed by atoms with E-state index < -0.39 is 0 Å². The predicted octanol–water partition coefficient (Wildman–Crippen LogP) is 26.9. The zero-order valence-corrected chi connectivity index (χ0v) is 65.3. The highest BCUT2D eigenvalue weighted by atomic mass is 32.1. The summed E-state index contributed by atoms with van der Waals surface area (Å²) in [5, 5.41) is 20.0. The minimum Gasteiger partial charge on any atom is -0.311 e. The summed E-state index contributed by atoms with van der Waals surface area (Å²) < 4.78 is 10.0. The standard InChI is InChI=1S/C106H77BN6S/c1-65-54-83(70-41-48-82-81-32-18-23-37-101(81)114-102(82)59-70)103(98(55-65)112-91-35-21-15-29-78(91)79-30-16-22-36-92(79)112)71-57-99-104-100(58-71)113(89-33-19-14-28-77(89)69-26-12-9-13-27-69)97-63-76(111-94-52-42-72(105(2,3)4)60-85(94)86-61-73(106(5,6)7)43-53-95(86)111)47-50-88(97)107(104)87-49-46-75(110-90-34-20-17-31-80(90)84-56-66(64-108)38-51-93(84)110)62-96(87)109(99)74-44-39-68(40-45-74)67-24-10-8-11-25-67/h8-63H,1-7H3. The zero-order chi connectivity index (χ0) is 76.6.